The SMILES string of the molecule is CCOC(=O)OCC#Cc1ccccc1C(C)=O. The lowest BCUT2D eigenvalue weighted by Crippen LogP contribution is -2.06. The third kappa shape index (κ3) is 4.30. The zero-order chi connectivity index (χ0) is 13.4. The number of hydrogen-bond donors (Lipinski definition) is 0. The van der Waals surface area contributed by atoms with Crippen LogP contribution in [0.4, 0.5) is 4.79 Å². The molecule has 0 bridgehead atoms. The van der Waals surface area contributed by atoms with Gasteiger partial charge in [-0.15, -0.1) is 0 Å². The Labute approximate surface area is 106 Å². The first kappa shape index (κ1) is 13.8. The molecule has 4 nitrogen and oxygen atoms in total. The summed E-state index contributed by atoms with van der Waals surface area (Å²) < 4.78 is 9.26. The van der Waals surface area contributed by atoms with E-state index in [1.165, 1.54) is 6.92 Å². The van der Waals surface area contributed by atoms with Crippen LogP contribution >= 0.6 is 0 Å². The van der Waals surface area contributed by atoms with Crippen LogP contribution in [0.5, 0.6) is 0 Å². The van der Waals surface area contributed by atoms with Gasteiger partial charge in [-0.2, -0.15) is 0 Å². The minimum Gasteiger partial charge on any atom is -0.435 e. The molecule has 4 heteroatoms. The van der Waals surface area contributed by atoms with Gasteiger partial charge in [-0.1, -0.05) is 30.0 Å². The standard InChI is InChI=1S/C14H14O4/c1-3-17-14(16)18-10-6-8-12-7-4-5-9-13(12)11(2)15/h4-5,7,9H,3,10H2,1-2H3. The van der Waals surface area contributed by atoms with Crippen molar-refractivity contribution in [2.24, 2.45) is 0 Å². The number of benzene rings is 1. The van der Waals surface area contributed by atoms with Crippen LogP contribution in [-0.4, -0.2) is 25.2 Å². The average Bonchev–Trinajstić information content (AvgIpc) is 2.35. The second kappa shape index (κ2) is 7.13. The molecule has 0 fully saturated rings. The van der Waals surface area contributed by atoms with Crippen molar-refractivity contribution in [3.63, 3.8) is 0 Å². The third-order valence-corrected chi connectivity index (χ3v) is 2.05. The molecule has 0 aromatic heterocycles. The maximum Gasteiger partial charge on any atom is 0.509 e. The van der Waals surface area contributed by atoms with Crippen molar-refractivity contribution in [1.29, 1.82) is 0 Å². The van der Waals surface area contributed by atoms with Gasteiger partial charge in [0.05, 0.1) is 6.61 Å². The van der Waals surface area contributed by atoms with E-state index in [1.807, 2.05) is 0 Å². The quantitative estimate of drug-likeness (QED) is 0.467. The Morgan fingerprint density at radius 1 is 1.22 bits per heavy atom. The van der Waals surface area contributed by atoms with E-state index in [0.29, 0.717) is 11.1 Å². The minimum atomic E-state index is -0.744. The molecular formula is C14H14O4. The van der Waals surface area contributed by atoms with Crippen LogP contribution in [-0.2, 0) is 9.47 Å². The monoisotopic (exact) mass is 246 g/mol. The van der Waals surface area contributed by atoms with Gasteiger partial charge in [0.2, 0.25) is 0 Å². The fourth-order valence-corrected chi connectivity index (χ4v) is 1.28. The van der Waals surface area contributed by atoms with Crippen LogP contribution in [0.1, 0.15) is 29.8 Å². The number of Topliss-reactive ketones (excluding diaryl/α,β-unsaturated/α-hetero) is 1. The van der Waals surface area contributed by atoms with E-state index in [2.05, 4.69) is 21.3 Å². The number of ether oxygens (including phenoxy) is 2. The van der Waals surface area contributed by atoms with E-state index in [0.717, 1.165) is 0 Å². The van der Waals surface area contributed by atoms with Crippen molar-refractivity contribution in [1.82, 2.24) is 0 Å². The summed E-state index contributed by atoms with van der Waals surface area (Å²) in [6.07, 6.45) is -0.744. The first-order chi connectivity index (χ1) is 8.65. The van der Waals surface area contributed by atoms with Crippen molar-refractivity contribution in [2.75, 3.05) is 13.2 Å². The highest BCUT2D eigenvalue weighted by Crippen LogP contribution is 2.07. The van der Waals surface area contributed by atoms with E-state index in [4.69, 9.17) is 0 Å². The van der Waals surface area contributed by atoms with Gasteiger partial charge in [0.15, 0.2) is 12.4 Å². The Balaban J connectivity index is 2.63. The lowest BCUT2D eigenvalue weighted by Gasteiger charge is -2.00. The zero-order valence-electron chi connectivity index (χ0n) is 10.4. The highest BCUT2D eigenvalue weighted by atomic mass is 16.7. The summed E-state index contributed by atoms with van der Waals surface area (Å²) in [5, 5.41) is 0. The second-order valence-electron chi connectivity index (χ2n) is 3.38. The molecule has 0 radical (unpaired) electrons. The largest absolute Gasteiger partial charge is 0.509 e. The lowest BCUT2D eigenvalue weighted by atomic mass is 10.1. The van der Waals surface area contributed by atoms with E-state index >= 15 is 0 Å². The summed E-state index contributed by atoms with van der Waals surface area (Å²) in [6, 6.07) is 7.02. The summed E-state index contributed by atoms with van der Waals surface area (Å²) in [7, 11) is 0. The fraction of sp³-hybridized carbons (Fsp3) is 0.286. The molecule has 0 saturated carbocycles. The molecule has 1 aromatic carbocycles. The number of rotatable bonds is 3. The van der Waals surface area contributed by atoms with Gasteiger partial charge in [-0.3, -0.25) is 4.79 Å². The number of carbonyl (C=O) groups excluding carboxylic acids is 2. The van der Waals surface area contributed by atoms with Gasteiger partial charge in [-0.05, 0) is 19.9 Å². The molecule has 0 unspecified atom stereocenters. The summed E-state index contributed by atoms with van der Waals surface area (Å²) in [4.78, 5) is 22.2. The molecule has 0 aliphatic heterocycles. The minimum absolute atomic E-state index is 0.0498. The third-order valence-electron chi connectivity index (χ3n) is 2.05. The molecule has 0 saturated heterocycles. The van der Waals surface area contributed by atoms with Crippen LogP contribution in [0.15, 0.2) is 24.3 Å². The van der Waals surface area contributed by atoms with E-state index in [1.54, 1.807) is 31.2 Å². The fourth-order valence-electron chi connectivity index (χ4n) is 1.28. The summed E-state index contributed by atoms with van der Waals surface area (Å²) >= 11 is 0. The highest BCUT2D eigenvalue weighted by Gasteiger charge is 2.03. The molecule has 1 aromatic rings. The molecule has 0 N–H and O–H groups in total. The smallest absolute Gasteiger partial charge is 0.435 e. The Bertz CT molecular complexity index is 494. The molecular weight excluding hydrogens is 232 g/mol. The first-order valence-corrected chi connectivity index (χ1v) is 5.53. The summed E-state index contributed by atoms with van der Waals surface area (Å²) in [5.41, 5.74) is 1.18. The average molecular weight is 246 g/mol. The Morgan fingerprint density at radius 2 is 1.94 bits per heavy atom. The normalized spacial score (nSPS) is 9.00. The van der Waals surface area contributed by atoms with E-state index < -0.39 is 6.16 Å². The van der Waals surface area contributed by atoms with Crippen molar-refractivity contribution in [2.45, 2.75) is 13.8 Å². The van der Waals surface area contributed by atoms with Crippen LogP contribution in [0, 0.1) is 11.8 Å². The molecule has 0 atom stereocenters. The maximum atomic E-state index is 11.3. The number of carbonyl (C=O) groups is 2. The predicted molar refractivity (Wildman–Crippen MR) is 66.3 cm³/mol. The Kier molecular flexibility index (Phi) is 5.46. The van der Waals surface area contributed by atoms with Crippen molar-refractivity contribution >= 4 is 11.9 Å². The molecule has 0 aliphatic carbocycles. The van der Waals surface area contributed by atoms with Crippen molar-refractivity contribution < 1.29 is 19.1 Å². The van der Waals surface area contributed by atoms with Crippen LogP contribution in [0.2, 0.25) is 0 Å². The second-order valence-corrected chi connectivity index (χ2v) is 3.38. The van der Waals surface area contributed by atoms with Crippen LogP contribution in [0.3, 0.4) is 0 Å². The van der Waals surface area contributed by atoms with Crippen LogP contribution < -0.4 is 0 Å². The lowest BCUT2D eigenvalue weighted by molar-refractivity contribution is 0.0686. The van der Waals surface area contributed by atoms with Gasteiger partial charge in [0.1, 0.15) is 0 Å². The van der Waals surface area contributed by atoms with Crippen LogP contribution in [0.25, 0.3) is 0 Å². The molecule has 0 heterocycles. The number of ketones is 1. The van der Waals surface area contributed by atoms with Crippen molar-refractivity contribution in [3.8, 4) is 11.8 Å². The Hall–Kier alpha value is -2.28. The van der Waals surface area contributed by atoms with Gasteiger partial charge in [0.25, 0.3) is 0 Å². The van der Waals surface area contributed by atoms with Gasteiger partial charge < -0.3 is 9.47 Å². The molecule has 0 spiro atoms. The van der Waals surface area contributed by atoms with Crippen molar-refractivity contribution in [3.05, 3.63) is 35.4 Å². The highest BCUT2D eigenvalue weighted by molar-refractivity contribution is 5.96. The topological polar surface area (TPSA) is 52.6 Å². The first-order valence-electron chi connectivity index (χ1n) is 5.53. The predicted octanol–water partition coefficient (Wildman–Crippen LogP) is 2.41. The molecule has 0 aliphatic rings. The van der Waals surface area contributed by atoms with E-state index in [9.17, 15) is 9.59 Å². The molecule has 18 heavy (non-hydrogen) atoms. The molecule has 1 rings (SSSR count). The summed E-state index contributed by atoms with van der Waals surface area (Å²) in [5.74, 6) is 5.40. The van der Waals surface area contributed by atoms with Gasteiger partial charge in [0, 0.05) is 11.1 Å². The van der Waals surface area contributed by atoms with E-state index in [-0.39, 0.29) is 19.0 Å². The Morgan fingerprint density at radius 3 is 2.61 bits per heavy atom. The molecule has 94 valence electrons. The van der Waals surface area contributed by atoms with Gasteiger partial charge in [-0.25, -0.2) is 4.79 Å². The molecule has 0 amide bonds. The zero-order valence-corrected chi connectivity index (χ0v) is 10.4. The van der Waals surface area contributed by atoms with Gasteiger partial charge >= 0.3 is 6.16 Å². The summed E-state index contributed by atoms with van der Waals surface area (Å²) in [6.45, 7) is 3.37. The maximum absolute atomic E-state index is 11.3. The number of hydrogen-bond acceptors (Lipinski definition) is 4.